The topological polar surface area (TPSA) is 46.9 Å². The molecule has 1 amide bonds. The minimum Gasteiger partial charge on any atom is -0.308 e. The van der Waals surface area contributed by atoms with Crippen LogP contribution in [0.25, 0.3) is 0 Å². The molecule has 1 heterocycles. The Balaban J connectivity index is 1.87. The molecule has 1 N–H and O–H groups in total. The minimum absolute atomic E-state index is 0.0985. The maximum Gasteiger partial charge on any atom is 0.235 e. The molecule has 0 fully saturated rings. The van der Waals surface area contributed by atoms with Gasteiger partial charge in [-0.1, -0.05) is 23.7 Å². The molecule has 0 unspecified atom stereocenters. The summed E-state index contributed by atoms with van der Waals surface area (Å²) in [4.78, 5) is 12.6. The number of nitrogens with one attached hydrogen (secondary N) is 1. The van der Waals surface area contributed by atoms with Crippen LogP contribution in [0, 0.1) is 0 Å². The first-order valence-corrected chi connectivity index (χ1v) is 6.68. The first-order valence-electron chi connectivity index (χ1n) is 5.32. The molecule has 0 saturated heterocycles. The zero-order chi connectivity index (χ0) is 13.0. The van der Waals surface area contributed by atoms with E-state index >= 15 is 0 Å². The molecule has 0 aliphatic carbocycles. The van der Waals surface area contributed by atoms with E-state index in [9.17, 15) is 4.79 Å². The van der Waals surface area contributed by atoms with Gasteiger partial charge in [-0.05, 0) is 12.1 Å². The van der Waals surface area contributed by atoms with Crippen LogP contribution >= 0.6 is 23.4 Å². The Morgan fingerprint density at radius 3 is 2.89 bits per heavy atom. The summed E-state index contributed by atoms with van der Waals surface area (Å²) in [6.07, 6.45) is 1.77. The molecule has 1 aromatic carbocycles. The maximum atomic E-state index is 11.7. The van der Waals surface area contributed by atoms with Gasteiger partial charge in [0.1, 0.15) is 0 Å². The number of hydrogen-bond acceptors (Lipinski definition) is 3. The normalized spacial score (nSPS) is 10.3. The lowest BCUT2D eigenvalue weighted by molar-refractivity contribution is -0.113. The molecule has 0 atom stereocenters. The highest BCUT2D eigenvalue weighted by Crippen LogP contribution is 2.26. The lowest BCUT2D eigenvalue weighted by Gasteiger charge is -2.03. The van der Waals surface area contributed by atoms with E-state index in [4.69, 9.17) is 11.6 Å². The van der Waals surface area contributed by atoms with E-state index < -0.39 is 0 Å². The highest BCUT2D eigenvalue weighted by Gasteiger charge is 2.07. The van der Waals surface area contributed by atoms with Gasteiger partial charge < -0.3 is 5.32 Å². The molecular formula is C12H12ClN3OS. The summed E-state index contributed by atoms with van der Waals surface area (Å²) >= 11 is 7.41. The summed E-state index contributed by atoms with van der Waals surface area (Å²) in [7, 11) is 1.80. The first-order chi connectivity index (χ1) is 8.65. The average molecular weight is 282 g/mol. The Hall–Kier alpha value is -1.46. The zero-order valence-electron chi connectivity index (χ0n) is 9.76. The lowest BCUT2D eigenvalue weighted by Crippen LogP contribution is -2.14. The van der Waals surface area contributed by atoms with Crippen molar-refractivity contribution in [3.05, 3.63) is 41.6 Å². The fourth-order valence-electron chi connectivity index (χ4n) is 1.37. The van der Waals surface area contributed by atoms with Crippen LogP contribution in [0.2, 0.25) is 5.02 Å². The Bertz CT molecular complexity index is 556. The number of carbonyl (C=O) groups excluding carboxylic acids is 1. The number of carbonyl (C=O) groups is 1. The monoisotopic (exact) mass is 281 g/mol. The van der Waals surface area contributed by atoms with E-state index in [1.807, 2.05) is 18.2 Å². The maximum absolute atomic E-state index is 11.7. The molecule has 18 heavy (non-hydrogen) atoms. The van der Waals surface area contributed by atoms with Gasteiger partial charge in [0.25, 0.3) is 0 Å². The van der Waals surface area contributed by atoms with Gasteiger partial charge in [0.05, 0.1) is 10.8 Å². The van der Waals surface area contributed by atoms with Crippen molar-refractivity contribution in [2.75, 3.05) is 11.1 Å². The molecule has 0 saturated carbocycles. The molecule has 6 heteroatoms. The predicted molar refractivity (Wildman–Crippen MR) is 74.0 cm³/mol. The number of aromatic nitrogens is 2. The van der Waals surface area contributed by atoms with Crippen LogP contribution in [-0.4, -0.2) is 21.4 Å². The van der Waals surface area contributed by atoms with E-state index in [0.717, 1.165) is 4.90 Å². The van der Waals surface area contributed by atoms with Gasteiger partial charge in [0.2, 0.25) is 5.91 Å². The minimum atomic E-state index is -0.0985. The smallest absolute Gasteiger partial charge is 0.235 e. The summed E-state index contributed by atoms with van der Waals surface area (Å²) < 4.78 is 1.64. The molecule has 2 rings (SSSR count). The predicted octanol–water partition coefficient (Wildman–Crippen LogP) is 2.80. The Morgan fingerprint density at radius 1 is 1.44 bits per heavy atom. The molecule has 0 aliphatic rings. The summed E-state index contributed by atoms with van der Waals surface area (Å²) in [5, 5.41) is 7.45. The molecular weight excluding hydrogens is 270 g/mol. The molecule has 2 aromatic rings. The van der Waals surface area contributed by atoms with Crippen LogP contribution in [0.1, 0.15) is 0 Å². The lowest BCUT2D eigenvalue weighted by atomic mass is 10.4. The van der Waals surface area contributed by atoms with Crippen LogP contribution < -0.4 is 5.32 Å². The third-order valence-electron chi connectivity index (χ3n) is 2.18. The second kappa shape index (κ2) is 5.93. The van der Waals surface area contributed by atoms with Gasteiger partial charge in [-0.15, -0.1) is 11.8 Å². The van der Waals surface area contributed by atoms with Crippen LogP contribution in [0.15, 0.2) is 41.4 Å². The Morgan fingerprint density at radius 2 is 2.22 bits per heavy atom. The van der Waals surface area contributed by atoms with E-state index in [1.54, 1.807) is 30.1 Å². The van der Waals surface area contributed by atoms with Crippen molar-refractivity contribution in [1.82, 2.24) is 9.78 Å². The first kappa shape index (κ1) is 13.0. The van der Waals surface area contributed by atoms with Gasteiger partial charge in [0.15, 0.2) is 5.82 Å². The van der Waals surface area contributed by atoms with Crippen LogP contribution in [-0.2, 0) is 11.8 Å². The molecule has 0 radical (unpaired) electrons. The number of halogens is 1. The number of hydrogen-bond donors (Lipinski definition) is 1. The number of amides is 1. The van der Waals surface area contributed by atoms with Gasteiger partial charge in [-0.3, -0.25) is 9.48 Å². The molecule has 0 aliphatic heterocycles. The quantitative estimate of drug-likeness (QED) is 0.877. The van der Waals surface area contributed by atoms with E-state index in [2.05, 4.69) is 10.4 Å². The molecule has 94 valence electrons. The number of thioether (sulfide) groups is 1. The second-order valence-electron chi connectivity index (χ2n) is 3.64. The SMILES string of the molecule is Cn1ccc(NC(=O)CSc2ccccc2Cl)n1. The van der Waals surface area contributed by atoms with Crippen molar-refractivity contribution in [2.45, 2.75) is 4.90 Å². The third kappa shape index (κ3) is 3.51. The summed E-state index contributed by atoms with van der Waals surface area (Å²) in [6, 6.07) is 9.20. The third-order valence-corrected chi connectivity index (χ3v) is 3.69. The number of nitrogens with zero attached hydrogens (tertiary/aromatic N) is 2. The molecule has 4 nitrogen and oxygen atoms in total. The standard InChI is InChI=1S/C12H12ClN3OS/c1-16-7-6-11(15-16)14-12(17)8-18-10-5-3-2-4-9(10)13/h2-7H,8H2,1H3,(H,14,15,17). The summed E-state index contributed by atoms with van der Waals surface area (Å²) in [5.74, 6) is 0.765. The Labute approximate surface area is 114 Å². The highest BCUT2D eigenvalue weighted by atomic mass is 35.5. The van der Waals surface area contributed by atoms with E-state index in [-0.39, 0.29) is 5.91 Å². The van der Waals surface area contributed by atoms with Crippen LogP contribution in [0.3, 0.4) is 0 Å². The van der Waals surface area contributed by atoms with Crippen molar-refractivity contribution < 1.29 is 4.79 Å². The molecule has 0 bridgehead atoms. The van der Waals surface area contributed by atoms with E-state index in [1.165, 1.54) is 11.8 Å². The zero-order valence-corrected chi connectivity index (χ0v) is 11.3. The number of aryl methyl sites for hydroxylation is 1. The Kier molecular flexibility index (Phi) is 4.28. The van der Waals surface area contributed by atoms with Crippen molar-refractivity contribution in [2.24, 2.45) is 7.05 Å². The highest BCUT2D eigenvalue weighted by molar-refractivity contribution is 8.00. The van der Waals surface area contributed by atoms with Gasteiger partial charge >= 0.3 is 0 Å². The fraction of sp³-hybridized carbons (Fsp3) is 0.167. The van der Waals surface area contributed by atoms with Crippen molar-refractivity contribution in [3.8, 4) is 0 Å². The number of benzene rings is 1. The van der Waals surface area contributed by atoms with Gasteiger partial charge in [-0.2, -0.15) is 5.10 Å². The largest absolute Gasteiger partial charge is 0.308 e. The van der Waals surface area contributed by atoms with E-state index in [0.29, 0.717) is 16.6 Å². The van der Waals surface area contributed by atoms with Crippen molar-refractivity contribution >= 4 is 35.1 Å². The summed E-state index contributed by atoms with van der Waals surface area (Å²) in [6.45, 7) is 0. The average Bonchev–Trinajstić information content (AvgIpc) is 2.74. The summed E-state index contributed by atoms with van der Waals surface area (Å²) in [5.41, 5.74) is 0. The fourth-order valence-corrected chi connectivity index (χ4v) is 2.40. The van der Waals surface area contributed by atoms with Crippen molar-refractivity contribution in [3.63, 3.8) is 0 Å². The second-order valence-corrected chi connectivity index (χ2v) is 5.07. The molecule has 0 spiro atoms. The van der Waals surface area contributed by atoms with Crippen LogP contribution in [0.5, 0.6) is 0 Å². The number of rotatable bonds is 4. The van der Waals surface area contributed by atoms with Crippen molar-refractivity contribution in [1.29, 1.82) is 0 Å². The van der Waals surface area contributed by atoms with Gasteiger partial charge in [0, 0.05) is 24.2 Å². The number of anilines is 1. The van der Waals surface area contributed by atoms with Crippen LogP contribution in [0.4, 0.5) is 5.82 Å². The van der Waals surface area contributed by atoms with Gasteiger partial charge in [-0.25, -0.2) is 0 Å². The molecule has 1 aromatic heterocycles.